The number of ether oxygens (including phenoxy) is 1. The van der Waals surface area contributed by atoms with Crippen LogP contribution >= 0.6 is 0 Å². The van der Waals surface area contributed by atoms with Gasteiger partial charge in [-0.25, -0.2) is 0 Å². The maximum atomic E-state index is 14.4. The monoisotopic (exact) mass is 398 g/mol. The number of aliphatic carboxylic acids is 1. The lowest BCUT2D eigenvalue weighted by atomic mass is 9.61. The first-order valence-corrected chi connectivity index (χ1v) is 10.2. The summed E-state index contributed by atoms with van der Waals surface area (Å²) in [6, 6.07) is 5.69. The molecule has 1 N–H and O–H groups in total. The predicted octanol–water partition coefficient (Wildman–Crippen LogP) is 1.66. The zero-order valence-electron chi connectivity index (χ0n) is 16.1. The number of rotatable bonds is 2. The predicted molar refractivity (Wildman–Crippen MR) is 100.0 cm³/mol. The first kappa shape index (κ1) is 17.4. The van der Waals surface area contributed by atoms with Crippen LogP contribution < -0.4 is 0 Å². The minimum atomic E-state index is -0.975. The topological polar surface area (TPSA) is 113 Å². The second kappa shape index (κ2) is 4.99. The van der Waals surface area contributed by atoms with Gasteiger partial charge in [-0.3, -0.25) is 9.59 Å². The summed E-state index contributed by atoms with van der Waals surface area (Å²) in [6.45, 7) is 3.04. The van der Waals surface area contributed by atoms with Crippen LogP contribution in [0, 0.1) is 28.2 Å². The van der Waals surface area contributed by atoms with E-state index in [-0.39, 0.29) is 17.9 Å². The van der Waals surface area contributed by atoms with Gasteiger partial charge in [0.25, 0.3) is 0 Å². The molecular weight excluding hydrogens is 376 g/mol. The number of benzene rings is 1. The number of hydrogen-bond acceptors (Lipinski definition) is 5. The Morgan fingerprint density at radius 2 is 2.07 bits per heavy atom. The van der Waals surface area contributed by atoms with Gasteiger partial charge in [0.2, 0.25) is 11.4 Å². The Balaban J connectivity index is 1.67. The van der Waals surface area contributed by atoms with Gasteiger partial charge < -0.3 is 24.9 Å². The Morgan fingerprint density at radius 3 is 2.76 bits per heavy atom. The molecule has 8 heteroatoms. The maximum Gasteiger partial charge on any atom is 0.312 e. The Hall–Kier alpha value is -2.45. The number of piperidine rings is 4. The van der Waals surface area contributed by atoms with E-state index in [9.17, 15) is 25.1 Å². The molecule has 1 aliphatic carbocycles. The second-order valence-electron chi connectivity index (χ2n) is 9.33. The van der Waals surface area contributed by atoms with Crippen LogP contribution in [0.4, 0.5) is 5.69 Å². The molecule has 1 aromatic carbocycles. The van der Waals surface area contributed by atoms with Crippen LogP contribution in [0.15, 0.2) is 24.3 Å². The lowest BCUT2D eigenvalue weighted by Gasteiger charge is -2.68. The Kier molecular flexibility index (Phi) is 3.00. The highest BCUT2D eigenvalue weighted by molar-refractivity contribution is 6.02. The van der Waals surface area contributed by atoms with Crippen LogP contribution in [-0.2, 0) is 19.7 Å². The molecule has 9 atom stereocenters. The van der Waals surface area contributed by atoms with E-state index >= 15 is 0 Å². The van der Waals surface area contributed by atoms with Crippen LogP contribution in [0.3, 0.4) is 0 Å². The molecule has 29 heavy (non-hydrogen) atoms. The van der Waals surface area contributed by atoms with Gasteiger partial charge in [0.15, 0.2) is 6.04 Å². The number of nitrogens with zero attached hydrogens (tertiary/aromatic N) is 2. The molecule has 1 saturated carbocycles. The van der Waals surface area contributed by atoms with Crippen molar-refractivity contribution >= 4 is 23.3 Å². The first-order chi connectivity index (χ1) is 13.7. The number of para-hydroxylation sites is 1. The molecule has 6 aliphatic rings. The summed E-state index contributed by atoms with van der Waals surface area (Å²) >= 11 is 0. The van der Waals surface area contributed by atoms with Gasteiger partial charge in [0, 0.05) is 31.4 Å². The average molecular weight is 398 g/mol. The second-order valence-corrected chi connectivity index (χ2v) is 9.33. The highest BCUT2D eigenvalue weighted by Crippen LogP contribution is 2.69. The lowest BCUT2D eigenvalue weighted by molar-refractivity contribution is -0.967. The Morgan fingerprint density at radius 1 is 1.34 bits per heavy atom. The molecule has 0 aromatic heterocycles. The summed E-state index contributed by atoms with van der Waals surface area (Å²) in [5, 5.41) is 37.7. The van der Waals surface area contributed by atoms with E-state index in [1.807, 2.05) is 12.1 Å². The first-order valence-electron chi connectivity index (χ1n) is 10.2. The Labute approximate surface area is 167 Å². The molecule has 5 bridgehead atoms. The molecule has 7 rings (SSSR count). The van der Waals surface area contributed by atoms with E-state index in [1.54, 1.807) is 19.1 Å². The fraction of sp³-hybridized carbons (Fsp3) is 0.571. The van der Waals surface area contributed by atoms with Crippen LogP contribution in [0.25, 0.3) is 0 Å². The summed E-state index contributed by atoms with van der Waals surface area (Å²) in [5.41, 5.74) is 0.982. The zero-order chi connectivity index (χ0) is 20.5. The van der Waals surface area contributed by atoms with Crippen LogP contribution in [0.1, 0.15) is 32.3 Å². The van der Waals surface area contributed by atoms with Crippen molar-refractivity contribution in [2.75, 3.05) is 0 Å². The van der Waals surface area contributed by atoms with Crippen molar-refractivity contribution in [3.05, 3.63) is 40.2 Å². The molecule has 5 heterocycles. The van der Waals surface area contributed by atoms with Gasteiger partial charge in [0.05, 0.1) is 12.0 Å². The van der Waals surface area contributed by atoms with E-state index in [2.05, 4.69) is 0 Å². The summed E-state index contributed by atoms with van der Waals surface area (Å²) in [5.74, 6) is -2.88. The minimum Gasteiger partial charge on any atom is -0.632 e. The van der Waals surface area contributed by atoms with Gasteiger partial charge >= 0.3 is 11.9 Å². The fourth-order valence-corrected chi connectivity index (χ4v) is 7.90. The van der Waals surface area contributed by atoms with E-state index in [0.29, 0.717) is 24.2 Å². The van der Waals surface area contributed by atoms with Crippen LogP contribution in [-0.4, -0.2) is 56.4 Å². The summed E-state index contributed by atoms with van der Waals surface area (Å²) in [4.78, 5) is 24.2. The number of carbonyl (C=O) groups is 2. The third-order valence-corrected chi connectivity index (χ3v) is 8.60. The van der Waals surface area contributed by atoms with Crippen LogP contribution in [0.2, 0.25) is 0 Å². The van der Waals surface area contributed by atoms with Crippen molar-refractivity contribution in [1.29, 1.82) is 0 Å². The number of carbonyl (C=O) groups excluding carboxylic acids is 1. The quantitative estimate of drug-likeness (QED) is 0.351. The number of carboxylic acids is 1. The highest BCUT2D eigenvalue weighted by atomic mass is 16.6. The maximum absolute atomic E-state index is 14.4. The Bertz CT molecular complexity index is 1020. The molecule has 0 amide bonds. The number of esters is 1. The lowest BCUT2D eigenvalue weighted by Crippen LogP contribution is -2.79. The van der Waals surface area contributed by atoms with Crippen molar-refractivity contribution < 1.29 is 28.8 Å². The van der Waals surface area contributed by atoms with Crippen molar-refractivity contribution in [2.24, 2.45) is 17.8 Å². The molecule has 4 saturated heterocycles. The van der Waals surface area contributed by atoms with Gasteiger partial charge in [0.1, 0.15) is 23.5 Å². The number of fused-ring (bicyclic) bond motifs is 2. The van der Waals surface area contributed by atoms with Crippen molar-refractivity contribution in [3.8, 4) is 0 Å². The summed E-state index contributed by atoms with van der Waals surface area (Å²) < 4.78 is 6.06. The largest absolute Gasteiger partial charge is 0.632 e. The van der Waals surface area contributed by atoms with E-state index in [0.717, 1.165) is 10.3 Å². The van der Waals surface area contributed by atoms with Gasteiger partial charge in [-0.15, -0.1) is 0 Å². The number of hydrogen-bond donors (Lipinski definition) is 1. The van der Waals surface area contributed by atoms with E-state index in [4.69, 9.17) is 4.74 Å². The van der Waals surface area contributed by atoms with Gasteiger partial charge in [-0.2, -0.15) is 4.74 Å². The molecule has 1 spiro atoms. The smallest absolute Gasteiger partial charge is 0.312 e. The fourth-order valence-electron chi connectivity index (χ4n) is 7.90. The molecule has 0 radical (unpaired) electrons. The molecule has 152 valence electrons. The third-order valence-electron chi connectivity index (χ3n) is 8.60. The van der Waals surface area contributed by atoms with E-state index < -0.39 is 46.1 Å². The van der Waals surface area contributed by atoms with Crippen molar-refractivity contribution in [2.45, 2.75) is 56.3 Å². The average Bonchev–Trinajstić information content (AvgIpc) is 3.06. The van der Waals surface area contributed by atoms with Crippen LogP contribution in [0.5, 0.6) is 0 Å². The number of hydroxylamine groups is 3. The molecular formula is C21H22N2O6. The highest BCUT2D eigenvalue weighted by Gasteiger charge is 2.83. The van der Waals surface area contributed by atoms with E-state index in [1.165, 1.54) is 6.92 Å². The van der Waals surface area contributed by atoms with Gasteiger partial charge in [-0.05, 0) is 12.8 Å². The molecule has 1 aromatic rings. The third kappa shape index (κ3) is 1.62. The zero-order valence-corrected chi connectivity index (χ0v) is 16.1. The SMILES string of the molecule is CC(=O)OC1[C@@H]2[C@H]3C[C@H]4C5=[N+]([O-])c6ccccc6[C@]51C[C@@H]2[N+]4([O-])C(C)[C@@H]3C(=O)O. The molecule has 5 fully saturated rings. The summed E-state index contributed by atoms with van der Waals surface area (Å²) in [7, 11) is 0. The molecule has 3 unspecified atom stereocenters. The van der Waals surface area contributed by atoms with Crippen molar-refractivity contribution in [1.82, 2.24) is 0 Å². The normalized spacial score (nSPS) is 47.9. The van der Waals surface area contributed by atoms with Gasteiger partial charge in [-0.1, -0.05) is 18.2 Å². The molecule has 5 aliphatic heterocycles. The standard InChI is InChI=1S/C21H22N2O6/c1-9-16(20(25)26)11-7-14-18-21(12-5-3-4-6-13(12)22(18)27)8-15(23(9,14)28)17(11)19(21)29-10(2)24/h3-6,9,11,14-17,19H,7-8H2,1-2H3,(H,25,26)/t9?,11-,14-,15-,16-,17+,19?,21+,23?/m0/s1. The van der Waals surface area contributed by atoms with Crippen molar-refractivity contribution in [3.63, 3.8) is 0 Å². The molecule has 8 nitrogen and oxygen atoms in total. The number of carboxylic acid groups (broad SMARTS) is 1. The summed E-state index contributed by atoms with van der Waals surface area (Å²) in [6.07, 6.45) is 0.0972. The number of quaternary nitrogens is 1. The minimum absolute atomic E-state index is 0.283.